The molecule has 0 bridgehead atoms. The van der Waals surface area contributed by atoms with Gasteiger partial charge >= 0.3 is 5.63 Å². The molecule has 0 saturated heterocycles. The molecule has 2 aliphatic rings. The molecule has 3 atom stereocenters. The second kappa shape index (κ2) is 15.4. The Morgan fingerprint density at radius 1 is 1.11 bits per heavy atom. The zero-order valence-electron chi connectivity index (χ0n) is 25.6. The fourth-order valence-corrected chi connectivity index (χ4v) is 7.07. The standard InChI is InChI=1S/C34H39IN2O9/c1-44-29-14-21(19-39)13-25(35)31(29)45-28-17-23(32(41)36-11-12-38)16-26(30(28)40)37(18-20-7-3-2-4-8-20)33(42)24-15-22-9-5-6-10-27(22)46-34(24)43/h5-6,9-10,13-15,17,20,26,28,30,38-40H,2-4,7-8,11-12,16,18-19H2,1H3,(H,36,41)/t26-,28+,30+/m1/s1. The molecule has 1 saturated carbocycles. The van der Waals surface area contributed by atoms with E-state index in [-0.39, 0.29) is 49.8 Å². The number of fused-ring (bicyclic) bond motifs is 1. The van der Waals surface area contributed by atoms with Gasteiger partial charge in [-0.2, -0.15) is 0 Å². The number of benzene rings is 2. The van der Waals surface area contributed by atoms with Crippen molar-refractivity contribution in [3.63, 3.8) is 0 Å². The predicted molar refractivity (Wildman–Crippen MR) is 179 cm³/mol. The van der Waals surface area contributed by atoms with E-state index in [1.165, 1.54) is 24.2 Å². The summed E-state index contributed by atoms with van der Waals surface area (Å²) in [4.78, 5) is 42.3. The van der Waals surface area contributed by atoms with Crippen molar-refractivity contribution in [3.8, 4) is 11.5 Å². The molecule has 0 aliphatic heterocycles. The number of nitrogens with zero attached hydrogens (tertiary/aromatic N) is 1. The maximum Gasteiger partial charge on any atom is 0.349 e. The van der Waals surface area contributed by atoms with E-state index < -0.39 is 35.7 Å². The van der Waals surface area contributed by atoms with Crippen LogP contribution in [0.25, 0.3) is 11.0 Å². The van der Waals surface area contributed by atoms with E-state index in [2.05, 4.69) is 5.32 Å². The lowest BCUT2D eigenvalue weighted by Crippen LogP contribution is -2.56. The Hall–Kier alpha value is -3.46. The number of methoxy groups -OCH3 is 1. The predicted octanol–water partition coefficient (Wildman–Crippen LogP) is 3.54. The molecule has 246 valence electrons. The molecule has 4 N–H and O–H groups in total. The third kappa shape index (κ3) is 7.56. The van der Waals surface area contributed by atoms with Crippen LogP contribution in [0, 0.1) is 9.49 Å². The normalized spacial score (nSPS) is 20.2. The molecular formula is C34H39IN2O9. The van der Waals surface area contributed by atoms with E-state index in [9.17, 15) is 29.7 Å². The zero-order chi connectivity index (χ0) is 32.8. The molecule has 1 heterocycles. The summed E-state index contributed by atoms with van der Waals surface area (Å²) in [6.07, 6.45) is 4.05. The summed E-state index contributed by atoms with van der Waals surface area (Å²) in [7, 11) is 1.46. The highest BCUT2D eigenvalue weighted by atomic mass is 127. The van der Waals surface area contributed by atoms with Crippen molar-refractivity contribution >= 4 is 45.4 Å². The number of rotatable bonds is 11. The van der Waals surface area contributed by atoms with Gasteiger partial charge in [0.05, 0.1) is 29.9 Å². The lowest BCUT2D eigenvalue weighted by atomic mass is 9.85. The summed E-state index contributed by atoms with van der Waals surface area (Å²) in [6.45, 7) is -0.179. The first kappa shape index (κ1) is 33.9. The van der Waals surface area contributed by atoms with Crippen LogP contribution in [-0.4, -0.2) is 77.1 Å². The second-order valence-electron chi connectivity index (χ2n) is 11.7. The number of nitrogens with one attached hydrogen (secondary N) is 1. The molecule has 5 rings (SSSR count). The van der Waals surface area contributed by atoms with Crippen LogP contribution in [-0.2, 0) is 11.4 Å². The van der Waals surface area contributed by atoms with Crippen LogP contribution < -0.4 is 20.4 Å². The highest BCUT2D eigenvalue weighted by Crippen LogP contribution is 2.38. The molecule has 1 aromatic heterocycles. The van der Waals surface area contributed by atoms with Gasteiger partial charge in [-0.1, -0.05) is 37.5 Å². The van der Waals surface area contributed by atoms with Gasteiger partial charge in [0.25, 0.3) is 5.91 Å². The van der Waals surface area contributed by atoms with Crippen LogP contribution in [0.3, 0.4) is 0 Å². The minimum Gasteiger partial charge on any atom is -0.493 e. The van der Waals surface area contributed by atoms with Crippen molar-refractivity contribution in [2.45, 2.75) is 63.4 Å². The van der Waals surface area contributed by atoms with Gasteiger partial charge in [0.1, 0.15) is 23.4 Å². The topological polar surface area (TPSA) is 159 Å². The molecule has 12 heteroatoms. The van der Waals surface area contributed by atoms with Crippen molar-refractivity contribution in [3.05, 3.63) is 79.2 Å². The number of aliphatic hydroxyl groups is 3. The van der Waals surface area contributed by atoms with Crippen LogP contribution in [0.15, 0.2) is 63.3 Å². The highest BCUT2D eigenvalue weighted by Gasteiger charge is 2.42. The quantitative estimate of drug-likeness (QED) is 0.170. The summed E-state index contributed by atoms with van der Waals surface area (Å²) in [5.41, 5.74) is 0.289. The summed E-state index contributed by atoms with van der Waals surface area (Å²) >= 11 is 2.05. The molecule has 11 nitrogen and oxygen atoms in total. The van der Waals surface area contributed by atoms with E-state index in [4.69, 9.17) is 13.9 Å². The van der Waals surface area contributed by atoms with Crippen LogP contribution in [0.2, 0.25) is 0 Å². The van der Waals surface area contributed by atoms with Crippen molar-refractivity contribution in [2.75, 3.05) is 26.8 Å². The number of hydrogen-bond donors (Lipinski definition) is 4. The fraction of sp³-hybridized carbons (Fsp3) is 0.441. The number of ether oxygens (including phenoxy) is 2. The number of halogens is 1. The number of hydrogen-bond acceptors (Lipinski definition) is 9. The maximum absolute atomic E-state index is 14.4. The van der Waals surface area contributed by atoms with Crippen LogP contribution in [0.5, 0.6) is 11.5 Å². The van der Waals surface area contributed by atoms with E-state index in [0.29, 0.717) is 31.6 Å². The Bertz CT molecular complexity index is 1650. The molecule has 0 spiro atoms. The monoisotopic (exact) mass is 746 g/mol. The zero-order valence-corrected chi connectivity index (χ0v) is 27.8. The van der Waals surface area contributed by atoms with E-state index >= 15 is 0 Å². The number of carbonyl (C=O) groups is 2. The second-order valence-corrected chi connectivity index (χ2v) is 12.9. The van der Waals surface area contributed by atoms with Gasteiger partial charge in [-0.3, -0.25) is 9.59 Å². The maximum atomic E-state index is 14.4. The molecule has 46 heavy (non-hydrogen) atoms. The Balaban J connectivity index is 1.56. The first-order chi connectivity index (χ1) is 22.2. The van der Waals surface area contributed by atoms with Gasteiger partial charge in [0.15, 0.2) is 11.5 Å². The summed E-state index contributed by atoms with van der Waals surface area (Å²) in [5, 5.41) is 34.2. The first-order valence-corrected chi connectivity index (χ1v) is 16.6. The largest absolute Gasteiger partial charge is 0.493 e. The Kier molecular flexibility index (Phi) is 11.4. The Morgan fingerprint density at radius 3 is 2.59 bits per heavy atom. The van der Waals surface area contributed by atoms with Crippen molar-refractivity contribution < 1.29 is 38.8 Å². The van der Waals surface area contributed by atoms with Gasteiger partial charge in [0, 0.05) is 30.5 Å². The number of amides is 2. The lowest BCUT2D eigenvalue weighted by Gasteiger charge is -2.42. The Labute approximate surface area is 280 Å². The molecule has 1 fully saturated rings. The van der Waals surface area contributed by atoms with Crippen LogP contribution in [0.4, 0.5) is 0 Å². The molecule has 2 aliphatic carbocycles. The number of para-hydroxylation sites is 1. The van der Waals surface area contributed by atoms with Gasteiger partial charge in [-0.15, -0.1) is 0 Å². The van der Waals surface area contributed by atoms with Crippen molar-refractivity contribution in [1.29, 1.82) is 0 Å². The molecule has 0 unspecified atom stereocenters. The number of carbonyl (C=O) groups excluding carboxylic acids is 2. The SMILES string of the molecule is COc1cc(CO)cc(I)c1O[C@H]1C=C(C(=O)NCCO)C[C@@H](N(CC2CCCCC2)C(=O)c2cc3ccccc3oc2=O)[C@@H]1O. The van der Waals surface area contributed by atoms with Crippen LogP contribution >= 0.6 is 22.6 Å². The van der Waals surface area contributed by atoms with E-state index in [1.807, 2.05) is 22.6 Å². The molecule has 2 aromatic carbocycles. The molecular weight excluding hydrogens is 707 g/mol. The summed E-state index contributed by atoms with van der Waals surface area (Å²) < 4.78 is 18.0. The third-order valence-corrected chi connectivity index (χ3v) is 9.45. The Morgan fingerprint density at radius 2 is 1.87 bits per heavy atom. The molecule has 3 aromatic rings. The smallest absolute Gasteiger partial charge is 0.349 e. The van der Waals surface area contributed by atoms with Crippen molar-refractivity contribution in [1.82, 2.24) is 10.2 Å². The number of aliphatic hydroxyl groups excluding tert-OH is 3. The molecule has 0 radical (unpaired) electrons. The summed E-state index contributed by atoms with van der Waals surface area (Å²) in [5.74, 6) is -0.288. The minimum atomic E-state index is -1.30. The fourth-order valence-electron chi connectivity index (χ4n) is 6.28. The molecule has 2 amide bonds. The van der Waals surface area contributed by atoms with Gasteiger partial charge < -0.3 is 39.4 Å². The van der Waals surface area contributed by atoms with Gasteiger partial charge in [-0.25, -0.2) is 4.79 Å². The third-order valence-electron chi connectivity index (χ3n) is 8.65. The lowest BCUT2D eigenvalue weighted by molar-refractivity contribution is -0.118. The highest BCUT2D eigenvalue weighted by molar-refractivity contribution is 14.1. The summed E-state index contributed by atoms with van der Waals surface area (Å²) in [6, 6.07) is 10.9. The van der Waals surface area contributed by atoms with E-state index in [1.54, 1.807) is 36.4 Å². The average Bonchev–Trinajstić information content (AvgIpc) is 3.07. The van der Waals surface area contributed by atoms with Gasteiger partial charge in [-0.05, 0) is 77.3 Å². The van der Waals surface area contributed by atoms with Crippen molar-refractivity contribution in [2.24, 2.45) is 5.92 Å². The average molecular weight is 747 g/mol. The van der Waals surface area contributed by atoms with Gasteiger partial charge in [0.2, 0.25) is 5.91 Å². The van der Waals surface area contributed by atoms with Crippen LogP contribution in [0.1, 0.15) is 54.4 Å². The minimum absolute atomic E-state index is 0.00661. The first-order valence-electron chi connectivity index (χ1n) is 15.5. The van der Waals surface area contributed by atoms with E-state index in [0.717, 1.165) is 32.1 Å².